The molecule has 0 amide bonds. The molecule has 2 aromatic carbocycles. The van der Waals surface area contributed by atoms with Gasteiger partial charge in [0.2, 0.25) is 0 Å². The van der Waals surface area contributed by atoms with Gasteiger partial charge in [0.1, 0.15) is 11.3 Å². The number of alkyl halides is 3. The summed E-state index contributed by atoms with van der Waals surface area (Å²) in [5.74, 6) is -1.04. The quantitative estimate of drug-likeness (QED) is 0.172. The zero-order valence-electron chi connectivity index (χ0n) is 24.3. The topological polar surface area (TPSA) is 95.7 Å². The molecular weight excluding hydrogens is 575 g/mol. The van der Waals surface area contributed by atoms with E-state index in [9.17, 15) is 23.1 Å². The largest absolute Gasteiger partial charge is 0.493 e. The second-order valence-electron chi connectivity index (χ2n) is 10.6. The van der Waals surface area contributed by atoms with Crippen molar-refractivity contribution in [2.45, 2.75) is 57.9 Å². The van der Waals surface area contributed by atoms with E-state index in [0.29, 0.717) is 36.2 Å². The maximum atomic E-state index is 13.8. The van der Waals surface area contributed by atoms with Crippen molar-refractivity contribution < 1.29 is 37.3 Å². The van der Waals surface area contributed by atoms with Gasteiger partial charge >= 0.3 is 12.1 Å². The number of halogens is 3. The Morgan fingerprint density at radius 3 is 2.61 bits per heavy atom. The predicted octanol–water partition coefficient (Wildman–Crippen LogP) is 7.06. The van der Waals surface area contributed by atoms with E-state index in [1.165, 1.54) is 6.07 Å². The van der Waals surface area contributed by atoms with E-state index in [0.717, 1.165) is 66.7 Å². The third-order valence-corrected chi connectivity index (χ3v) is 7.49. The molecule has 1 N–H and O–H groups in total. The van der Waals surface area contributed by atoms with Crippen LogP contribution in [0.4, 0.5) is 13.2 Å². The van der Waals surface area contributed by atoms with Gasteiger partial charge in [-0.1, -0.05) is 36.4 Å². The van der Waals surface area contributed by atoms with Gasteiger partial charge in [0.15, 0.2) is 17.8 Å². The highest BCUT2D eigenvalue weighted by atomic mass is 19.4. The van der Waals surface area contributed by atoms with Gasteiger partial charge in [-0.25, -0.2) is 14.5 Å². The van der Waals surface area contributed by atoms with Crippen LogP contribution in [-0.2, 0) is 28.5 Å². The van der Waals surface area contributed by atoms with Crippen LogP contribution in [0.25, 0.3) is 17.1 Å². The van der Waals surface area contributed by atoms with Crippen LogP contribution in [0, 0.1) is 6.92 Å². The number of carboxylic acid groups (broad SMARTS) is 1. The Labute approximate surface area is 253 Å². The molecule has 1 aliphatic heterocycles. The van der Waals surface area contributed by atoms with E-state index >= 15 is 0 Å². The molecule has 0 bridgehead atoms. The second-order valence-corrected chi connectivity index (χ2v) is 10.6. The minimum absolute atomic E-state index is 0.0965. The predicted molar refractivity (Wildman–Crippen MR) is 157 cm³/mol. The van der Waals surface area contributed by atoms with Crippen LogP contribution in [0.5, 0.6) is 5.75 Å². The lowest BCUT2D eigenvalue weighted by atomic mass is 9.96. The number of nitrogens with zero attached hydrogens (tertiary/aromatic N) is 3. The number of aryl methyl sites for hydroxylation is 3. The maximum Gasteiger partial charge on any atom is 0.434 e. The molecule has 1 aliphatic rings. The summed E-state index contributed by atoms with van der Waals surface area (Å²) in [6, 6.07) is 18.3. The van der Waals surface area contributed by atoms with Crippen LogP contribution in [0.1, 0.15) is 58.4 Å². The number of pyridine rings is 1. The van der Waals surface area contributed by atoms with Crippen LogP contribution in [0.2, 0.25) is 0 Å². The number of rotatable bonds is 12. The molecule has 1 atom stereocenters. The van der Waals surface area contributed by atoms with E-state index < -0.39 is 23.4 Å². The van der Waals surface area contributed by atoms with Crippen molar-refractivity contribution in [3.8, 4) is 22.8 Å². The molecule has 0 saturated carbocycles. The van der Waals surface area contributed by atoms with Crippen molar-refractivity contribution in [3.05, 3.63) is 94.8 Å². The molecule has 0 radical (unpaired) electrons. The highest BCUT2D eigenvalue weighted by molar-refractivity contribution is 5.89. The fraction of sp³-hybridized carbons (Fsp3) is 0.364. The summed E-state index contributed by atoms with van der Waals surface area (Å²) in [6.45, 7) is 3.94. The molecule has 11 heteroatoms. The van der Waals surface area contributed by atoms with Crippen LogP contribution in [0.15, 0.2) is 66.9 Å². The fourth-order valence-corrected chi connectivity index (χ4v) is 5.25. The van der Waals surface area contributed by atoms with Gasteiger partial charge in [-0.2, -0.15) is 18.3 Å². The van der Waals surface area contributed by atoms with Gasteiger partial charge < -0.3 is 19.3 Å². The van der Waals surface area contributed by atoms with Crippen LogP contribution < -0.4 is 4.74 Å². The SMILES string of the molecule is Cc1cc(OCCCOC2CCCCO2)ccc1CCc1ccccc1-c1cccc(-n2ncc(C(=O)O)c2C(F)(F)F)n1. The highest BCUT2D eigenvalue weighted by Crippen LogP contribution is 2.34. The van der Waals surface area contributed by atoms with Crippen LogP contribution in [-0.4, -0.2) is 52.0 Å². The van der Waals surface area contributed by atoms with Crippen LogP contribution >= 0.6 is 0 Å². The zero-order chi connectivity index (χ0) is 31.1. The molecule has 44 heavy (non-hydrogen) atoms. The first-order valence-electron chi connectivity index (χ1n) is 14.6. The third-order valence-electron chi connectivity index (χ3n) is 7.49. The normalized spacial score (nSPS) is 15.3. The van der Waals surface area contributed by atoms with E-state index in [1.807, 2.05) is 43.3 Å². The van der Waals surface area contributed by atoms with E-state index in [4.69, 9.17) is 14.2 Å². The molecule has 2 aromatic heterocycles. The Hall–Kier alpha value is -4.22. The molecule has 0 spiro atoms. The Balaban J connectivity index is 1.24. The molecule has 232 valence electrons. The number of benzene rings is 2. The highest BCUT2D eigenvalue weighted by Gasteiger charge is 2.41. The molecule has 1 fully saturated rings. The summed E-state index contributed by atoms with van der Waals surface area (Å²) < 4.78 is 59.1. The van der Waals surface area contributed by atoms with Gasteiger partial charge in [0.05, 0.1) is 25.1 Å². The van der Waals surface area contributed by atoms with Gasteiger partial charge in [0, 0.05) is 18.6 Å². The number of carboxylic acids is 1. The zero-order valence-corrected chi connectivity index (χ0v) is 24.3. The average Bonchev–Trinajstić information content (AvgIpc) is 3.48. The summed E-state index contributed by atoms with van der Waals surface area (Å²) in [5.41, 5.74) is 2.13. The molecule has 5 rings (SSSR count). The summed E-state index contributed by atoms with van der Waals surface area (Å²) in [7, 11) is 0. The van der Waals surface area contributed by atoms with Gasteiger partial charge in [-0.3, -0.25) is 0 Å². The van der Waals surface area contributed by atoms with Crippen molar-refractivity contribution in [2.24, 2.45) is 0 Å². The fourth-order valence-electron chi connectivity index (χ4n) is 5.25. The standard InChI is InChI=1S/C33H34F3N3O5/c1-22-20-25(42-18-7-19-44-30-12-4-5-17-43-30)16-15-23(22)13-14-24-8-2-3-9-26(24)28-10-6-11-29(38-28)39-31(33(34,35)36)27(21-37-39)32(40)41/h2-3,6,8-11,15-16,20-21,30H,4-5,7,12-14,17-19H2,1H3,(H,40,41). The van der Waals surface area contributed by atoms with Crippen molar-refractivity contribution >= 4 is 5.97 Å². The molecule has 0 aliphatic carbocycles. The van der Waals surface area contributed by atoms with E-state index in [2.05, 4.69) is 16.1 Å². The maximum absolute atomic E-state index is 13.8. The number of aromatic carboxylic acids is 1. The smallest absolute Gasteiger partial charge is 0.434 e. The minimum atomic E-state index is -4.93. The molecular formula is C33H34F3N3O5. The lowest BCUT2D eigenvalue weighted by Crippen LogP contribution is -2.23. The summed E-state index contributed by atoms with van der Waals surface area (Å²) in [6.07, 6.45) is 1.00. The van der Waals surface area contributed by atoms with E-state index in [1.54, 1.807) is 12.1 Å². The van der Waals surface area contributed by atoms with Gasteiger partial charge in [0.25, 0.3) is 0 Å². The minimum Gasteiger partial charge on any atom is -0.493 e. The first-order valence-corrected chi connectivity index (χ1v) is 14.6. The first-order chi connectivity index (χ1) is 21.2. The first kappa shape index (κ1) is 31.2. The Morgan fingerprint density at radius 1 is 1.05 bits per heavy atom. The van der Waals surface area contributed by atoms with Crippen molar-refractivity contribution in [1.82, 2.24) is 14.8 Å². The number of hydrogen-bond acceptors (Lipinski definition) is 6. The second kappa shape index (κ2) is 14.0. The number of hydrogen-bond donors (Lipinski definition) is 1. The Kier molecular flexibility index (Phi) is 9.96. The summed E-state index contributed by atoms with van der Waals surface area (Å²) in [4.78, 5) is 15.9. The average molecular weight is 610 g/mol. The Morgan fingerprint density at radius 2 is 1.86 bits per heavy atom. The molecule has 8 nitrogen and oxygen atoms in total. The van der Waals surface area contributed by atoms with Crippen LogP contribution in [0.3, 0.4) is 0 Å². The summed E-state index contributed by atoms with van der Waals surface area (Å²) >= 11 is 0. The lowest BCUT2D eigenvalue weighted by Gasteiger charge is -2.22. The monoisotopic (exact) mass is 609 g/mol. The lowest BCUT2D eigenvalue weighted by molar-refractivity contribution is -0.163. The number of carbonyl (C=O) groups is 1. The van der Waals surface area contributed by atoms with Crippen molar-refractivity contribution in [3.63, 3.8) is 0 Å². The molecule has 3 heterocycles. The van der Waals surface area contributed by atoms with E-state index in [-0.39, 0.29) is 12.1 Å². The van der Waals surface area contributed by atoms with Crippen molar-refractivity contribution in [1.29, 1.82) is 0 Å². The molecule has 1 unspecified atom stereocenters. The third kappa shape index (κ3) is 7.64. The van der Waals surface area contributed by atoms with Crippen molar-refractivity contribution in [2.75, 3.05) is 19.8 Å². The number of aromatic nitrogens is 3. The number of ether oxygens (including phenoxy) is 3. The molecule has 1 saturated heterocycles. The Bertz CT molecular complexity index is 1580. The van der Waals surface area contributed by atoms with Gasteiger partial charge in [-0.15, -0.1) is 0 Å². The molecule has 4 aromatic rings. The summed E-state index contributed by atoms with van der Waals surface area (Å²) in [5, 5.41) is 13.0. The van der Waals surface area contributed by atoms with Gasteiger partial charge in [-0.05, 0) is 80.0 Å².